The molecule has 1 aliphatic heterocycles. The number of nitro groups is 1. The predicted octanol–water partition coefficient (Wildman–Crippen LogP) is 3.04. The van der Waals surface area contributed by atoms with Gasteiger partial charge in [-0.25, -0.2) is 0 Å². The fraction of sp³-hybridized carbons (Fsp3) is 0.278. The molecule has 0 atom stereocenters. The molecule has 0 unspecified atom stereocenters. The number of alkyl halides is 3. The first-order valence-electron chi connectivity index (χ1n) is 8.42. The number of anilines is 2. The molecular weight excluding hydrogens is 377 g/mol. The van der Waals surface area contributed by atoms with Gasteiger partial charge in [-0.2, -0.15) is 13.2 Å². The molecule has 0 saturated carbocycles. The minimum atomic E-state index is -4.69. The van der Waals surface area contributed by atoms with E-state index in [-0.39, 0.29) is 5.69 Å². The third-order valence-corrected chi connectivity index (χ3v) is 4.63. The molecule has 10 heteroatoms. The van der Waals surface area contributed by atoms with Gasteiger partial charge in [0.2, 0.25) is 5.91 Å². The molecule has 2 N–H and O–H groups in total. The van der Waals surface area contributed by atoms with Gasteiger partial charge in [-0.1, -0.05) is 0 Å². The molecule has 1 saturated heterocycles. The molecule has 1 heterocycles. The second kappa shape index (κ2) is 7.37. The van der Waals surface area contributed by atoms with Crippen LogP contribution < -0.4 is 15.5 Å². The molecular formula is C18H17F3N4O3. The molecule has 0 bridgehead atoms. The minimum absolute atomic E-state index is 0.0678. The summed E-state index contributed by atoms with van der Waals surface area (Å²) >= 11 is 0. The highest BCUT2D eigenvalue weighted by Gasteiger charge is 2.37. The average Bonchev–Trinajstić information content (AvgIpc) is 2.67. The van der Waals surface area contributed by atoms with E-state index in [2.05, 4.69) is 0 Å². The lowest BCUT2D eigenvalue weighted by Crippen LogP contribution is -2.47. The van der Waals surface area contributed by atoms with E-state index >= 15 is 0 Å². The van der Waals surface area contributed by atoms with Crippen molar-refractivity contribution in [3.05, 3.63) is 63.7 Å². The van der Waals surface area contributed by atoms with Gasteiger partial charge in [0.05, 0.1) is 10.5 Å². The second-order valence-electron chi connectivity index (χ2n) is 6.34. The number of halogens is 3. The highest BCUT2D eigenvalue weighted by molar-refractivity contribution is 5.93. The van der Waals surface area contributed by atoms with E-state index in [1.54, 1.807) is 29.2 Å². The fourth-order valence-corrected chi connectivity index (χ4v) is 3.18. The maximum Gasteiger partial charge on any atom is 0.418 e. The lowest BCUT2D eigenvalue weighted by molar-refractivity contribution is -0.385. The van der Waals surface area contributed by atoms with Gasteiger partial charge in [0.15, 0.2) is 0 Å². The van der Waals surface area contributed by atoms with Crippen LogP contribution in [-0.4, -0.2) is 37.0 Å². The number of hydrogen-bond donors (Lipinski definition) is 1. The zero-order valence-electron chi connectivity index (χ0n) is 14.6. The summed E-state index contributed by atoms with van der Waals surface area (Å²) in [6.07, 6.45) is -4.69. The van der Waals surface area contributed by atoms with E-state index in [9.17, 15) is 28.1 Å². The lowest BCUT2D eigenvalue weighted by atomic mass is 10.1. The summed E-state index contributed by atoms with van der Waals surface area (Å²) in [5.74, 6) is -0.533. The van der Waals surface area contributed by atoms with Crippen LogP contribution in [0.2, 0.25) is 0 Å². The van der Waals surface area contributed by atoms with Gasteiger partial charge in [0, 0.05) is 55.2 Å². The highest BCUT2D eigenvalue weighted by atomic mass is 19.4. The van der Waals surface area contributed by atoms with Crippen LogP contribution in [-0.2, 0) is 6.18 Å². The number of amides is 1. The standard InChI is InChI=1S/C18H17F3N4O3/c19-18(20,21)15-11-14(25(27)28)5-6-16(15)24-9-7-23(8-10-24)13-3-1-12(2-4-13)17(22)26/h1-6,11H,7-10H2,(H2,22,26). The number of rotatable bonds is 4. The maximum absolute atomic E-state index is 13.4. The molecule has 7 nitrogen and oxygen atoms in total. The van der Waals surface area contributed by atoms with E-state index in [4.69, 9.17) is 5.73 Å². The number of carbonyl (C=O) groups excluding carboxylic acids is 1. The Kier molecular flexibility index (Phi) is 5.12. The normalized spacial score (nSPS) is 14.8. The molecule has 1 fully saturated rings. The number of non-ortho nitro benzene ring substituents is 1. The lowest BCUT2D eigenvalue weighted by Gasteiger charge is -2.38. The number of primary amides is 1. The van der Waals surface area contributed by atoms with Gasteiger partial charge >= 0.3 is 6.18 Å². The van der Waals surface area contributed by atoms with Crippen LogP contribution >= 0.6 is 0 Å². The van der Waals surface area contributed by atoms with Crippen molar-refractivity contribution in [1.29, 1.82) is 0 Å². The zero-order chi connectivity index (χ0) is 20.5. The fourth-order valence-electron chi connectivity index (χ4n) is 3.18. The summed E-state index contributed by atoms with van der Waals surface area (Å²) in [5, 5.41) is 10.8. The van der Waals surface area contributed by atoms with Crippen molar-refractivity contribution in [3.8, 4) is 0 Å². The molecule has 2 aromatic rings. The second-order valence-corrected chi connectivity index (χ2v) is 6.34. The number of nitrogens with zero attached hydrogens (tertiary/aromatic N) is 3. The first-order valence-corrected chi connectivity index (χ1v) is 8.42. The van der Waals surface area contributed by atoms with Crippen LogP contribution in [0.25, 0.3) is 0 Å². The molecule has 0 spiro atoms. The van der Waals surface area contributed by atoms with Crippen molar-refractivity contribution in [1.82, 2.24) is 0 Å². The van der Waals surface area contributed by atoms with Crippen molar-refractivity contribution >= 4 is 23.0 Å². The Hall–Kier alpha value is -3.30. The summed E-state index contributed by atoms with van der Waals surface area (Å²) in [6, 6.07) is 9.48. The van der Waals surface area contributed by atoms with E-state index in [1.165, 1.54) is 0 Å². The van der Waals surface area contributed by atoms with E-state index in [0.717, 1.165) is 17.8 Å². The third-order valence-electron chi connectivity index (χ3n) is 4.63. The third kappa shape index (κ3) is 4.00. The molecule has 148 valence electrons. The number of piperazine rings is 1. The van der Waals surface area contributed by atoms with Crippen LogP contribution in [0.1, 0.15) is 15.9 Å². The maximum atomic E-state index is 13.4. The van der Waals surface area contributed by atoms with Crippen molar-refractivity contribution in [3.63, 3.8) is 0 Å². The molecule has 0 aliphatic carbocycles. The van der Waals surface area contributed by atoms with Crippen LogP contribution in [0.4, 0.5) is 30.2 Å². The van der Waals surface area contributed by atoms with Gasteiger partial charge < -0.3 is 15.5 Å². The monoisotopic (exact) mass is 394 g/mol. The Morgan fingerprint density at radius 2 is 1.57 bits per heavy atom. The van der Waals surface area contributed by atoms with Crippen LogP contribution in [0.3, 0.4) is 0 Å². The van der Waals surface area contributed by atoms with E-state index < -0.39 is 28.3 Å². The molecule has 0 aromatic heterocycles. The largest absolute Gasteiger partial charge is 0.418 e. The average molecular weight is 394 g/mol. The predicted molar refractivity (Wildman–Crippen MR) is 97.5 cm³/mol. The Balaban J connectivity index is 1.77. The number of carbonyl (C=O) groups is 1. The van der Waals surface area contributed by atoms with Crippen molar-refractivity contribution in [2.24, 2.45) is 5.73 Å². The van der Waals surface area contributed by atoms with Crippen molar-refractivity contribution < 1.29 is 22.9 Å². The van der Waals surface area contributed by atoms with E-state index in [1.807, 2.05) is 4.90 Å². The van der Waals surface area contributed by atoms with Crippen molar-refractivity contribution in [2.75, 3.05) is 36.0 Å². The number of benzene rings is 2. The Labute approximate surface area is 158 Å². The Bertz CT molecular complexity index is 892. The molecule has 2 aromatic carbocycles. The van der Waals surface area contributed by atoms with Gasteiger partial charge in [-0.15, -0.1) is 0 Å². The van der Waals surface area contributed by atoms with Crippen molar-refractivity contribution in [2.45, 2.75) is 6.18 Å². The molecule has 1 amide bonds. The molecule has 1 aliphatic rings. The van der Waals surface area contributed by atoms with Gasteiger partial charge in [0.1, 0.15) is 0 Å². The molecule has 28 heavy (non-hydrogen) atoms. The van der Waals surface area contributed by atoms with Crippen LogP contribution in [0, 0.1) is 10.1 Å². The Morgan fingerprint density at radius 3 is 2.07 bits per heavy atom. The zero-order valence-corrected chi connectivity index (χ0v) is 14.6. The molecule has 3 rings (SSSR count). The first kappa shape index (κ1) is 19.5. The van der Waals surface area contributed by atoms with Crippen LogP contribution in [0.15, 0.2) is 42.5 Å². The summed E-state index contributed by atoms with van der Waals surface area (Å²) in [5.41, 5.74) is 4.75. The van der Waals surface area contributed by atoms with Gasteiger partial charge in [-0.05, 0) is 30.3 Å². The quantitative estimate of drug-likeness (QED) is 0.636. The number of nitro benzene ring substituents is 1. The highest BCUT2D eigenvalue weighted by Crippen LogP contribution is 2.39. The SMILES string of the molecule is NC(=O)c1ccc(N2CCN(c3ccc([N+](=O)[O-])cc3C(F)(F)F)CC2)cc1. The first-order chi connectivity index (χ1) is 13.2. The number of nitrogens with two attached hydrogens (primary N) is 1. The summed E-state index contributed by atoms with van der Waals surface area (Å²) < 4.78 is 40.2. The Morgan fingerprint density at radius 1 is 1.00 bits per heavy atom. The summed E-state index contributed by atoms with van der Waals surface area (Å²) in [6.45, 7) is 1.56. The van der Waals surface area contributed by atoms with E-state index in [0.29, 0.717) is 37.8 Å². The topological polar surface area (TPSA) is 92.7 Å². The number of hydrogen-bond acceptors (Lipinski definition) is 5. The summed E-state index contributed by atoms with van der Waals surface area (Å²) in [7, 11) is 0. The summed E-state index contributed by atoms with van der Waals surface area (Å²) in [4.78, 5) is 24.7. The smallest absolute Gasteiger partial charge is 0.368 e. The van der Waals surface area contributed by atoms with Gasteiger partial charge in [0.25, 0.3) is 5.69 Å². The molecule has 0 radical (unpaired) electrons. The van der Waals surface area contributed by atoms with Crippen LogP contribution in [0.5, 0.6) is 0 Å². The minimum Gasteiger partial charge on any atom is -0.368 e. The van der Waals surface area contributed by atoms with Gasteiger partial charge in [-0.3, -0.25) is 14.9 Å².